The van der Waals surface area contributed by atoms with E-state index in [1.165, 1.54) is 0 Å². The first kappa shape index (κ1) is 7.54. The molecule has 5 nitrogen and oxygen atoms in total. The third-order valence-electron chi connectivity index (χ3n) is 2.28. The van der Waals surface area contributed by atoms with E-state index in [9.17, 15) is 9.59 Å². The van der Waals surface area contributed by atoms with E-state index in [0.29, 0.717) is 13.1 Å². The fourth-order valence-corrected chi connectivity index (χ4v) is 1.62. The Hall–Kier alpha value is -1.10. The Bertz CT molecular complexity index is 205. The second-order valence-electron chi connectivity index (χ2n) is 3.02. The number of fused-ring (bicyclic) bond motifs is 1. The minimum Gasteiger partial charge on any atom is -0.345 e. The van der Waals surface area contributed by atoms with Crippen LogP contribution in [-0.2, 0) is 9.59 Å². The zero-order valence-electron chi connectivity index (χ0n) is 6.67. The highest BCUT2D eigenvalue weighted by atomic mass is 16.2. The van der Waals surface area contributed by atoms with E-state index in [1.54, 1.807) is 4.90 Å². The predicted molar refractivity (Wildman–Crippen MR) is 41.4 cm³/mol. The van der Waals surface area contributed by atoms with Crippen LogP contribution < -0.4 is 10.6 Å². The summed E-state index contributed by atoms with van der Waals surface area (Å²) in [6.07, 6.45) is 0. The molecule has 2 rings (SSSR count). The van der Waals surface area contributed by atoms with Crippen LogP contribution in [0.4, 0.5) is 0 Å². The standard InChI is InChI=1S/C7H11N3O2/c11-6-4-9-7(12)5-3-8-1-2-10(5)6/h5,8H,1-4H2,(H,9,12)/t5-/m0/s1. The van der Waals surface area contributed by atoms with Crippen LogP contribution in [0.25, 0.3) is 0 Å². The largest absolute Gasteiger partial charge is 0.345 e. The molecule has 0 aliphatic carbocycles. The van der Waals surface area contributed by atoms with Crippen LogP contribution in [0.15, 0.2) is 0 Å². The lowest BCUT2D eigenvalue weighted by molar-refractivity contribution is -0.146. The highest BCUT2D eigenvalue weighted by Gasteiger charge is 2.35. The second-order valence-corrected chi connectivity index (χ2v) is 3.02. The number of carbonyl (C=O) groups excluding carboxylic acids is 2. The van der Waals surface area contributed by atoms with Crippen molar-refractivity contribution in [3.05, 3.63) is 0 Å². The lowest BCUT2D eigenvalue weighted by atomic mass is 10.1. The quantitative estimate of drug-likeness (QED) is 0.437. The van der Waals surface area contributed by atoms with Gasteiger partial charge in [-0.05, 0) is 0 Å². The molecule has 2 N–H and O–H groups in total. The molecule has 0 radical (unpaired) electrons. The SMILES string of the molecule is O=C1NCC(=O)N2CCNC[C@@H]12. The zero-order chi connectivity index (χ0) is 8.55. The molecule has 12 heavy (non-hydrogen) atoms. The van der Waals surface area contributed by atoms with Crippen molar-refractivity contribution in [3.63, 3.8) is 0 Å². The van der Waals surface area contributed by atoms with Gasteiger partial charge < -0.3 is 15.5 Å². The summed E-state index contributed by atoms with van der Waals surface area (Å²) in [5.74, 6) is -0.0112. The molecule has 0 bridgehead atoms. The second kappa shape index (κ2) is 2.75. The summed E-state index contributed by atoms with van der Waals surface area (Å²) in [7, 11) is 0. The zero-order valence-corrected chi connectivity index (χ0v) is 6.67. The molecule has 5 heteroatoms. The summed E-state index contributed by atoms with van der Waals surface area (Å²) < 4.78 is 0. The van der Waals surface area contributed by atoms with Gasteiger partial charge in [0.2, 0.25) is 11.8 Å². The molecule has 0 aromatic rings. The number of nitrogens with zero attached hydrogens (tertiary/aromatic N) is 1. The van der Waals surface area contributed by atoms with E-state index in [0.717, 1.165) is 6.54 Å². The maximum atomic E-state index is 11.3. The highest BCUT2D eigenvalue weighted by molar-refractivity contribution is 5.95. The van der Waals surface area contributed by atoms with Crippen LogP contribution in [0.5, 0.6) is 0 Å². The van der Waals surface area contributed by atoms with Gasteiger partial charge in [0.1, 0.15) is 6.04 Å². The summed E-state index contributed by atoms with van der Waals surface area (Å²) in [4.78, 5) is 24.1. The maximum Gasteiger partial charge on any atom is 0.244 e. The molecule has 66 valence electrons. The average molecular weight is 169 g/mol. The molecule has 0 spiro atoms. The molecule has 2 saturated heterocycles. The van der Waals surface area contributed by atoms with Gasteiger partial charge in [-0.3, -0.25) is 9.59 Å². The first-order valence-corrected chi connectivity index (χ1v) is 4.07. The highest BCUT2D eigenvalue weighted by Crippen LogP contribution is 2.07. The summed E-state index contributed by atoms with van der Waals surface area (Å²) >= 11 is 0. The lowest BCUT2D eigenvalue weighted by Gasteiger charge is -2.38. The van der Waals surface area contributed by atoms with Crippen molar-refractivity contribution in [2.75, 3.05) is 26.2 Å². The average Bonchev–Trinajstić information content (AvgIpc) is 2.12. The summed E-state index contributed by atoms with van der Waals surface area (Å²) in [6, 6.07) is -0.278. The number of hydrogen-bond acceptors (Lipinski definition) is 3. The van der Waals surface area contributed by atoms with E-state index >= 15 is 0 Å². The number of carbonyl (C=O) groups is 2. The Morgan fingerprint density at radius 3 is 3.00 bits per heavy atom. The number of nitrogens with one attached hydrogen (secondary N) is 2. The monoisotopic (exact) mass is 169 g/mol. The first-order valence-electron chi connectivity index (χ1n) is 4.07. The van der Waals surface area contributed by atoms with E-state index in [-0.39, 0.29) is 24.4 Å². The van der Waals surface area contributed by atoms with Gasteiger partial charge in [0.25, 0.3) is 0 Å². The Labute approximate surface area is 70.1 Å². The molecular weight excluding hydrogens is 158 g/mol. The number of hydrogen-bond donors (Lipinski definition) is 2. The van der Waals surface area contributed by atoms with Crippen molar-refractivity contribution < 1.29 is 9.59 Å². The van der Waals surface area contributed by atoms with Crippen LogP contribution in [0.1, 0.15) is 0 Å². The summed E-state index contributed by atoms with van der Waals surface area (Å²) in [5, 5.41) is 5.64. The van der Waals surface area contributed by atoms with E-state index < -0.39 is 0 Å². The van der Waals surface area contributed by atoms with Crippen molar-refractivity contribution in [2.24, 2.45) is 0 Å². The molecule has 2 heterocycles. The molecule has 2 aliphatic heterocycles. The number of amides is 2. The minimum atomic E-state index is -0.278. The Morgan fingerprint density at radius 2 is 2.25 bits per heavy atom. The third-order valence-corrected chi connectivity index (χ3v) is 2.28. The van der Waals surface area contributed by atoms with Gasteiger partial charge >= 0.3 is 0 Å². The van der Waals surface area contributed by atoms with Crippen molar-refractivity contribution in [3.8, 4) is 0 Å². The molecule has 0 aromatic heterocycles. The molecule has 0 aromatic carbocycles. The summed E-state index contributed by atoms with van der Waals surface area (Å²) in [5.41, 5.74) is 0. The van der Waals surface area contributed by atoms with Crippen LogP contribution >= 0.6 is 0 Å². The van der Waals surface area contributed by atoms with Gasteiger partial charge in [-0.25, -0.2) is 0 Å². The van der Waals surface area contributed by atoms with Crippen LogP contribution in [0.3, 0.4) is 0 Å². The fraction of sp³-hybridized carbons (Fsp3) is 0.714. The Morgan fingerprint density at radius 1 is 1.42 bits per heavy atom. The molecule has 0 unspecified atom stereocenters. The van der Waals surface area contributed by atoms with Crippen molar-refractivity contribution in [1.82, 2.24) is 15.5 Å². The van der Waals surface area contributed by atoms with Gasteiger partial charge in [0, 0.05) is 19.6 Å². The van der Waals surface area contributed by atoms with Crippen LogP contribution in [0, 0.1) is 0 Å². The molecule has 2 aliphatic rings. The van der Waals surface area contributed by atoms with Crippen molar-refractivity contribution >= 4 is 11.8 Å². The van der Waals surface area contributed by atoms with Gasteiger partial charge in [-0.1, -0.05) is 0 Å². The van der Waals surface area contributed by atoms with Gasteiger partial charge in [-0.15, -0.1) is 0 Å². The number of rotatable bonds is 0. The van der Waals surface area contributed by atoms with Gasteiger partial charge in [-0.2, -0.15) is 0 Å². The minimum absolute atomic E-state index is 0.0288. The first-order chi connectivity index (χ1) is 5.79. The van der Waals surface area contributed by atoms with E-state index in [1.807, 2.05) is 0 Å². The molecule has 0 saturated carbocycles. The third kappa shape index (κ3) is 1.06. The van der Waals surface area contributed by atoms with Crippen molar-refractivity contribution in [1.29, 1.82) is 0 Å². The smallest absolute Gasteiger partial charge is 0.244 e. The fourth-order valence-electron chi connectivity index (χ4n) is 1.62. The molecule has 1 atom stereocenters. The normalized spacial score (nSPS) is 29.7. The van der Waals surface area contributed by atoms with E-state index in [2.05, 4.69) is 10.6 Å². The van der Waals surface area contributed by atoms with Crippen LogP contribution in [-0.4, -0.2) is 48.9 Å². The topological polar surface area (TPSA) is 61.4 Å². The van der Waals surface area contributed by atoms with Gasteiger partial charge in [0.15, 0.2) is 0 Å². The Kier molecular flexibility index (Phi) is 1.73. The summed E-state index contributed by atoms with van der Waals surface area (Å²) in [6.45, 7) is 2.18. The van der Waals surface area contributed by atoms with Crippen molar-refractivity contribution in [2.45, 2.75) is 6.04 Å². The Balaban J connectivity index is 2.16. The van der Waals surface area contributed by atoms with Gasteiger partial charge in [0.05, 0.1) is 6.54 Å². The molecule has 2 amide bonds. The molecular formula is C7H11N3O2. The maximum absolute atomic E-state index is 11.3. The lowest BCUT2D eigenvalue weighted by Crippen LogP contribution is -2.65. The molecule has 2 fully saturated rings. The number of piperazine rings is 2. The van der Waals surface area contributed by atoms with E-state index in [4.69, 9.17) is 0 Å². The van der Waals surface area contributed by atoms with Crippen LogP contribution in [0.2, 0.25) is 0 Å². The predicted octanol–water partition coefficient (Wildman–Crippen LogP) is -2.08.